The number of anilines is 1. The number of hydrogen-bond donors (Lipinski definition) is 0. The summed E-state index contributed by atoms with van der Waals surface area (Å²) in [6.07, 6.45) is 2.75. The zero-order valence-corrected chi connectivity index (χ0v) is 11.0. The van der Waals surface area contributed by atoms with Crippen LogP contribution in [0.4, 0.5) is 5.69 Å². The maximum atomic E-state index is 12.1. The van der Waals surface area contributed by atoms with E-state index in [4.69, 9.17) is 4.52 Å². The molecule has 0 N–H and O–H groups in total. The Hall–Kier alpha value is -2.17. The SMILES string of the molecule is O=C1CC(c2nc(C3CC3)no2)CN1c1ccccc1. The molecule has 2 heterocycles. The molecule has 1 atom stereocenters. The fraction of sp³-hybridized carbons (Fsp3) is 0.400. The largest absolute Gasteiger partial charge is 0.339 e. The summed E-state index contributed by atoms with van der Waals surface area (Å²) in [5.74, 6) is 2.04. The second-order valence-corrected chi connectivity index (χ2v) is 5.51. The molecule has 0 radical (unpaired) electrons. The van der Waals surface area contributed by atoms with Gasteiger partial charge in [-0.2, -0.15) is 4.98 Å². The monoisotopic (exact) mass is 269 g/mol. The average molecular weight is 269 g/mol. The smallest absolute Gasteiger partial charge is 0.232 e. The van der Waals surface area contributed by atoms with Crippen LogP contribution in [0.5, 0.6) is 0 Å². The van der Waals surface area contributed by atoms with Crippen LogP contribution in [0.25, 0.3) is 0 Å². The molecule has 2 fully saturated rings. The Bertz CT molecular complexity index is 634. The van der Waals surface area contributed by atoms with Gasteiger partial charge in [0.15, 0.2) is 5.82 Å². The highest BCUT2D eigenvalue weighted by Gasteiger charge is 2.36. The maximum Gasteiger partial charge on any atom is 0.232 e. The lowest BCUT2D eigenvalue weighted by atomic mass is 10.1. The first kappa shape index (κ1) is 11.6. The minimum absolute atomic E-state index is 0.0164. The normalized spacial score (nSPS) is 22.5. The van der Waals surface area contributed by atoms with Gasteiger partial charge < -0.3 is 9.42 Å². The summed E-state index contributed by atoms with van der Waals surface area (Å²) in [7, 11) is 0. The van der Waals surface area contributed by atoms with Gasteiger partial charge in [0.05, 0.1) is 5.92 Å². The van der Waals surface area contributed by atoms with E-state index in [1.165, 1.54) is 0 Å². The molecule has 5 heteroatoms. The first-order valence-electron chi connectivity index (χ1n) is 7.00. The summed E-state index contributed by atoms with van der Waals surface area (Å²) < 4.78 is 5.34. The number of rotatable bonds is 3. The molecule has 2 aliphatic rings. The van der Waals surface area contributed by atoms with Crippen LogP contribution in [0.15, 0.2) is 34.9 Å². The summed E-state index contributed by atoms with van der Waals surface area (Å²) >= 11 is 0. The van der Waals surface area contributed by atoms with Gasteiger partial charge in [0.25, 0.3) is 0 Å². The lowest BCUT2D eigenvalue weighted by Crippen LogP contribution is -2.24. The molecule has 102 valence electrons. The molecule has 1 unspecified atom stereocenters. The average Bonchev–Trinajstić information content (AvgIpc) is 3.08. The van der Waals surface area contributed by atoms with E-state index < -0.39 is 0 Å². The van der Waals surface area contributed by atoms with E-state index in [0.717, 1.165) is 24.4 Å². The van der Waals surface area contributed by atoms with Crippen LogP contribution in [0.2, 0.25) is 0 Å². The van der Waals surface area contributed by atoms with Gasteiger partial charge in [-0.15, -0.1) is 0 Å². The van der Waals surface area contributed by atoms with Crippen molar-refractivity contribution in [3.05, 3.63) is 42.0 Å². The van der Waals surface area contributed by atoms with E-state index in [2.05, 4.69) is 10.1 Å². The Morgan fingerprint density at radius 3 is 2.70 bits per heavy atom. The Kier molecular flexibility index (Phi) is 2.58. The number of para-hydroxylation sites is 1. The molecule has 1 aliphatic carbocycles. The number of nitrogens with zero attached hydrogens (tertiary/aromatic N) is 3. The van der Waals surface area contributed by atoms with Gasteiger partial charge in [0.2, 0.25) is 11.8 Å². The van der Waals surface area contributed by atoms with Crippen LogP contribution in [0.1, 0.15) is 42.8 Å². The van der Waals surface area contributed by atoms with Gasteiger partial charge >= 0.3 is 0 Å². The van der Waals surface area contributed by atoms with Gasteiger partial charge in [-0.3, -0.25) is 4.79 Å². The van der Waals surface area contributed by atoms with Crippen molar-refractivity contribution in [1.82, 2.24) is 10.1 Å². The van der Waals surface area contributed by atoms with E-state index in [1.54, 1.807) is 4.90 Å². The number of carbonyl (C=O) groups is 1. The standard InChI is InChI=1S/C15H15N3O2/c19-13-8-11(9-18(13)12-4-2-1-3-5-12)15-16-14(17-20-15)10-6-7-10/h1-5,10-11H,6-9H2. The molecule has 5 nitrogen and oxygen atoms in total. The van der Waals surface area contributed by atoms with Gasteiger partial charge in [-0.25, -0.2) is 0 Å². The zero-order chi connectivity index (χ0) is 13.5. The third-order valence-electron chi connectivity index (χ3n) is 3.94. The van der Waals surface area contributed by atoms with Crippen molar-refractivity contribution in [2.45, 2.75) is 31.1 Å². The predicted octanol–water partition coefficient (Wildman–Crippen LogP) is 2.47. The molecule has 2 aromatic rings. The molecule has 0 bridgehead atoms. The summed E-state index contributed by atoms with van der Waals surface area (Å²) in [6.45, 7) is 0.620. The van der Waals surface area contributed by atoms with Crippen molar-refractivity contribution in [1.29, 1.82) is 0 Å². The lowest BCUT2D eigenvalue weighted by Gasteiger charge is -2.15. The molecular weight excluding hydrogens is 254 g/mol. The highest BCUT2D eigenvalue weighted by Crippen LogP contribution is 2.39. The maximum absolute atomic E-state index is 12.1. The third-order valence-corrected chi connectivity index (χ3v) is 3.94. The van der Waals surface area contributed by atoms with Crippen molar-refractivity contribution in [2.75, 3.05) is 11.4 Å². The van der Waals surface area contributed by atoms with Crippen LogP contribution < -0.4 is 4.90 Å². The van der Waals surface area contributed by atoms with Crippen molar-refractivity contribution < 1.29 is 9.32 Å². The quantitative estimate of drug-likeness (QED) is 0.858. The van der Waals surface area contributed by atoms with E-state index in [-0.39, 0.29) is 11.8 Å². The second-order valence-electron chi connectivity index (χ2n) is 5.51. The Morgan fingerprint density at radius 2 is 1.95 bits per heavy atom. The number of hydrogen-bond acceptors (Lipinski definition) is 4. The van der Waals surface area contributed by atoms with Crippen LogP contribution in [0, 0.1) is 0 Å². The molecule has 4 rings (SSSR count). The fourth-order valence-corrected chi connectivity index (χ4v) is 2.65. The topological polar surface area (TPSA) is 59.2 Å². The fourth-order valence-electron chi connectivity index (χ4n) is 2.65. The van der Waals surface area contributed by atoms with E-state index in [9.17, 15) is 4.79 Å². The van der Waals surface area contributed by atoms with E-state index in [0.29, 0.717) is 24.8 Å². The van der Waals surface area contributed by atoms with E-state index >= 15 is 0 Å². The molecule has 0 spiro atoms. The summed E-state index contributed by atoms with van der Waals surface area (Å²) in [6, 6.07) is 9.72. The summed E-state index contributed by atoms with van der Waals surface area (Å²) in [5.41, 5.74) is 0.932. The van der Waals surface area contributed by atoms with Crippen molar-refractivity contribution in [3.8, 4) is 0 Å². The molecule has 1 aliphatic heterocycles. The molecule has 1 aromatic heterocycles. The zero-order valence-electron chi connectivity index (χ0n) is 11.0. The van der Waals surface area contributed by atoms with Crippen LogP contribution in [0.3, 0.4) is 0 Å². The number of carbonyl (C=O) groups excluding carboxylic acids is 1. The summed E-state index contributed by atoms with van der Waals surface area (Å²) in [4.78, 5) is 18.4. The molecule has 1 saturated heterocycles. The first-order chi connectivity index (χ1) is 9.81. The number of benzene rings is 1. The first-order valence-corrected chi connectivity index (χ1v) is 7.00. The highest BCUT2D eigenvalue weighted by atomic mass is 16.5. The Balaban J connectivity index is 1.54. The van der Waals surface area contributed by atoms with Gasteiger partial charge in [0.1, 0.15) is 0 Å². The van der Waals surface area contributed by atoms with Crippen LogP contribution >= 0.6 is 0 Å². The van der Waals surface area contributed by atoms with Gasteiger partial charge in [-0.1, -0.05) is 23.4 Å². The summed E-state index contributed by atoms with van der Waals surface area (Å²) in [5, 5.41) is 4.03. The van der Waals surface area contributed by atoms with Crippen LogP contribution in [-0.2, 0) is 4.79 Å². The van der Waals surface area contributed by atoms with Crippen LogP contribution in [-0.4, -0.2) is 22.6 Å². The second kappa shape index (κ2) is 4.44. The Labute approximate surface area is 116 Å². The number of aromatic nitrogens is 2. The molecule has 1 saturated carbocycles. The molecular formula is C15H15N3O2. The third kappa shape index (κ3) is 1.99. The van der Waals surface area contributed by atoms with Gasteiger partial charge in [0, 0.05) is 24.6 Å². The van der Waals surface area contributed by atoms with Crippen molar-refractivity contribution in [2.24, 2.45) is 0 Å². The Morgan fingerprint density at radius 1 is 1.15 bits per heavy atom. The van der Waals surface area contributed by atoms with E-state index in [1.807, 2.05) is 30.3 Å². The minimum Gasteiger partial charge on any atom is -0.339 e. The van der Waals surface area contributed by atoms with Crippen molar-refractivity contribution in [3.63, 3.8) is 0 Å². The molecule has 20 heavy (non-hydrogen) atoms. The highest BCUT2D eigenvalue weighted by molar-refractivity contribution is 5.96. The molecule has 1 amide bonds. The number of amides is 1. The predicted molar refractivity (Wildman–Crippen MR) is 72.4 cm³/mol. The minimum atomic E-state index is 0.0164. The lowest BCUT2D eigenvalue weighted by molar-refractivity contribution is -0.117. The molecule has 1 aromatic carbocycles. The van der Waals surface area contributed by atoms with Gasteiger partial charge in [-0.05, 0) is 25.0 Å². The van der Waals surface area contributed by atoms with Crippen molar-refractivity contribution >= 4 is 11.6 Å².